The molecule has 1 fully saturated rings. The van der Waals surface area contributed by atoms with E-state index in [1.165, 1.54) is 50.2 Å². The van der Waals surface area contributed by atoms with Crippen LogP contribution in [0.1, 0.15) is 42.0 Å². The fraction of sp³-hybridized carbons (Fsp3) is 0.156. The fourth-order valence-electron chi connectivity index (χ4n) is 6.34. The number of nitrogens with zero attached hydrogens (tertiary/aromatic N) is 1. The molecule has 158 valence electrons. The van der Waals surface area contributed by atoms with Gasteiger partial charge in [-0.25, -0.2) is 0 Å². The van der Waals surface area contributed by atoms with Crippen LogP contribution >= 0.6 is 0 Å². The Labute approximate surface area is 195 Å². The van der Waals surface area contributed by atoms with Crippen molar-refractivity contribution in [2.24, 2.45) is 0 Å². The summed E-state index contributed by atoms with van der Waals surface area (Å²) in [5.41, 5.74) is 12.7. The van der Waals surface area contributed by atoms with E-state index in [0.717, 1.165) is 19.3 Å². The van der Waals surface area contributed by atoms with Crippen molar-refractivity contribution < 1.29 is 0 Å². The first-order valence-electron chi connectivity index (χ1n) is 11.9. The summed E-state index contributed by atoms with van der Waals surface area (Å²) in [7, 11) is 0. The molecule has 3 aliphatic carbocycles. The van der Waals surface area contributed by atoms with Crippen molar-refractivity contribution >= 4 is 0 Å². The largest absolute Gasteiger partial charge is 0.261 e. The second-order valence-electron chi connectivity index (χ2n) is 9.63. The Kier molecular flexibility index (Phi) is 4.08. The zero-order valence-electron chi connectivity index (χ0n) is 18.5. The Bertz CT molecular complexity index is 1430. The molecule has 1 heterocycles. The molecule has 2 unspecified atom stereocenters. The van der Waals surface area contributed by atoms with Gasteiger partial charge >= 0.3 is 0 Å². The van der Waals surface area contributed by atoms with Crippen LogP contribution in [0.15, 0.2) is 120 Å². The van der Waals surface area contributed by atoms with Crippen LogP contribution in [0.3, 0.4) is 0 Å². The van der Waals surface area contributed by atoms with Gasteiger partial charge in [0.15, 0.2) is 0 Å². The minimum Gasteiger partial charge on any atom is -0.261 e. The molecular formula is C32H25N. The highest BCUT2D eigenvalue weighted by Gasteiger charge is 2.48. The van der Waals surface area contributed by atoms with Crippen molar-refractivity contribution in [1.29, 1.82) is 0 Å². The first kappa shape index (κ1) is 18.8. The molecule has 0 amide bonds. The molecule has 0 radical (unpaired) electrons. The Hall–Kier alpha value is -3.71. The monoisotopic (exact) mass is 423 g/mol. The van der Waals surface area contributed by atoms with E-state index in [0.29, 0.717) is 5.92 Å². The molecule has 1 aromatic heterocycles. The van der Waals surface area contributed by atoms with Gasteiger partial charge in [0.25, 0.3) is 0 Å². The number of allylic oxidation sites excluding steroid dienone is 4. The lowest BCUT2D eigenvalue weighted by Gasteiger charge is -2.26. The third-order valence-electron chi connectivity index (χ3n) is 7.86. The van der Waals surface area contributed by atoms with E-state index in [9.17, 15) is 0 Å². The van der Waals surface area contributed by atoms with E-state index in [4.69, 9.17) is 0 Å². The predicted octanol–water partition coefficient (Wildman–Crippen LogP) is 7.85. The molecule has 0 N–H and O–H groups in total. The van der Waals surface area contributed by atoms with E-state index in [1.54, 1.807) is 0 Å². The van der Waals surface area contributed by atoms with Gasteiger partial charge in [0.1, 0.15) is 0 Å². The lowest BCUT2D eigenvalue weighted by atomic mass is 9.76. The second-order valence-corrected chi connectivity index (χ2v) is 9.63. The number of hydrogen-bond donors (Lipinski definition) is 0. The van der Waals surface area contributed by atoms with Gasteiger partial charge in [-0.1, -0.05) is 84.9 Å². The number of benzene rings is 3. The summed E-state index contributed by atoms with van der Waals surface area (Å²) in [6.45, 7) is 0. The van der Waals surface area contributed by atoms with Crippen LogP contribution in [0.5, 0.6) is 0 Å². The average molecular weight is 424 g/mol. The number of hydrogen-bond acceptors (Lipinski definition) is 1. The van der Waals surface area contributed by atoms with Gasteiger partial charge in [0, 0.05) is 23.2 Å². The van der Waals surface area contributed by atoms with E-state index in [2.05, 4.69) is 102 Å². The molecule has 3 aromatic carbocycles. The lowest BCUT2D eigenvalue weighted by Crippen LogP contribution is -2.20. The van der Waals surface area contributed by atoms with E-state index in [1.807, 2.05) is 12.3 Å². The molecule has 1 spiro atoms. The van der Waals surface area contributed by atoms with Crippen LogP contribution in [0.4, 0.5) is 0 Å². The van der Waals surface area contributed by atoms with Gasteiger partial charge in [-0.15, -0.1) is 0 Å². The lowest BCUT2D eigenvalue weighted by molar-refractivity contribution is 0.575. The zero-order valence-corrected chi connectivity index (χ0v) is 18.5. The van der Waals surface area contributed by atoms with Crippen molar-refractivity contribution in [2.75, 3.05) is 0 Å². The Balaban J connectivity index is 1.37. The number of aromatic nitrogens is 1. The fourth-order valence-corrected chi connectivity index (χ4v) is 6.34. The Morgan fingerprint density at radius 2 is 1.45 bits per heavy atom. The molecule has 0 aliphatic heterocycles. The third kappa shape index (κ3) is 2.82. The second kappa shape index (κ2) is 7.15. The number of pyridine rings is 1. The van der Waals surface area contributed by atoms with Gasteiger partial charge < -0.3 is 0 Å². The van der Waals surface area contributed by atoms with Crippen LogP contribution < -0.4 is 0 Å². The summed E-state index contributed by atoms with van der Waals surface area (Å²) in [4.78, 5) is 4.65. The summed E-state index contributed by atoms with van der Waals surface area (Å²) < 4.78 is 0. The van der Waals surface area contributed by atoms with Gasteiger partial charge in [-0.2, -0.15) is 0 Å². The highest BCUT2D eigenvalue weighted by Crippen LogP contribution is 2.61. The highest BCUT2D eigenvalue weighted by atomic mass is 14.7. The molecule has 33 heavy (non-hydrogen) atoms. The molecule has 1 saturated carbocycles. The quantitative estimate of drug-likeness (QED) is 0.320. The molecule has 1 heteroatoms. The van der Waals surface area contributed by atoms with Crippen molar-refractivity contribution in [3.8, 4) is 22.3 Å². The Morgan fingerprint density at radius 3 is 2.33 bits per heavy atom. The van der Waals surface area contributed by atoms with Gasteiger partial charge in [0.05, 0.1) is 0 Å². The van der Waals surface area contributed by atoms with E-state index in [-0.39, 0.29) is 5.41 Å². The first-order chi connectivity index (χ1) is 16.3. The number of fused-ring (bicyclic) bond motifs is 6. The maximum Gasteiger partial charge on any atom is 0.0475 e. The zero-order chi connectivity index (χ0) is 21.8. The van der Waals surface area contributed by atoms with Crippen LogP contribution in [0, 0.1) is 0 Å². The molecule has 2 atom stereocenters. The van der Waals surface area contributed by atoms with Crippen molar-refractivity contribution in [2.45, 2.75) is 30.6 Å². The molecule has 4 aromatic rings. The molecule has 1 nitrogen and oxygen atoms in total. The standard InChI is InChI=1S/C32H25N/c1-2-8-22(9-3-1)23-15-16-28-27-10-4-5-11-29(27)32(30(28)19-23)20-25-14-13-24(18-26(25)21-32)31-12-6-7-17-33-31/h1-12,14-19,24H,13,20-21H2. The average Bonchev–Trinajstić information content (AvgIpc) is 3.41. The topological polar surface area (TPSA) is 12.9 Å². The predicted molar refractivity (Wildman–Crippen MR) is 135 cm³/mol. The van der Waals surface area contributed by atoms with E-state index >= 15 is 0 Å². The number of rotatable bonds is 2. The summed E-state index contributed by atoms with van der Waals surface area (Å²) in [5.74, 6) is 0.381. The normalized spacial score (nSPS) is 22.4. The molecule has 7 rings (SSSR count). The van der Waals surface area contributed by atoms with Crippen molar-refractivity contribution in [3.05, 3.63) is 137 Å². The summed E-state index contributed by atoms with van der Waals surface area (Å²) >= 11 is 0. The summed E-state index contributed by atoms with van der Waals surface area (Å²) in [5, 5.41) is 0. The van der Waals surface area contributed by atoms with Gasteiger partial charge in [-0.3, -0.25) is 4.98 Å². The van der Waals surface area contributed by atoms with Crippen LogP contribution in [0.25, 0.3) is 22.3 Å². The van der Waals surface area contributed by atoms with E-state index < -0.39 is 0 Å². The summed E-state index contributed by atoms with van der Waals surface area (Å²) in [6, 6.07) is 33.2. The summed E-state index contributed by atoms with van der Waals surface area (Å²) in [6.07, 6.45) is 10.1. The van der Waals surface area contributed by atoms with Crippen LogP contribution in [0.2, 0.25) is 0 Å². The molecular weight excluding hydrogens is 398 g/mol. The molecule has 0 saturated heterocycles. The minimum atomic E-state index is 0.0351. The van der Waals surface area contributed by atoms with Gasteiger partial charge in [0.2, 0.25) is 0 Å². The first-order valence-corrected chi connectivity index (χ1v) is 11.9. The van der Waals surface area contributed by atoms with Crippen LogP contribution in [-0.2, 0) is 5.41 Å². The highest BCUT2D eigenvalue weighted by molar-refractivity contribution is 5.85. The van der Waals surface area contributed by atoms with Gasteiger partial charge in [-0.05, 0) is 82.0 Å². The third-order valence-corrected chi connectivity index (χ3v) is 7.86. The maximum atomic E-state index is 4.65. The van der Waals surface area contributed by atoms with Crippen molar-refractivity contribution in [3.63, 3.8) is 0 Å². The Morgan fingerprint density at radius 1 is 0.667 bits per heavy atom. The van der Waals surface area contributed by atoms with Crippen molar-refractivity contribution in [1.82, 2.24) is 4.98 Å². The molecule has 0 bridgehead atoms. The SMILES string of the molecule is C1=C2CC3(CC2=CC(c2ccccn2)C1)c1ccccc1-c1ccc(-c2ccccc2)cc13. The van der Waals surface area contributed by atoms with Crippen LogP contribution in [-0.4, -0.2) is 4.98 Å². The smallest absolute Gasteiger partial charge is 0.0475 e. The molecule has 3 aliphatic rings. The minimum absolute atomic E-state index is 0.0351. The maximum absolute atomic E-state index is 4.65.